The normalized spacial score (nSPS) is 10.8. The van der Waals surface area contributed by atoms with Gasteiger partial charge in [-0.05, 0) is 37.6 Å². The van der Waals surface area contributed by atoms with Crippen LogP contribution in [0.5, 0.6) is 0 Å². The topological polar surface area (TPSA) is 46.9 Å². The van der Waals surface area contributed by atoms with Crippen LogP contribution in [-0.2, 0) is 13.1 Å². The number of benzene rings is 2. The Labute approximate surface area is 141 Å². The van der Waals surface area contributed by atoms with Gasteiger partial charge in [-0.1, -0.05) is 35.9 Å². The maximum atomic E-state index is 12.5. The maximum Gasteiger partial charge on any atom is 0.251 e. The minimum Gasteiger partial charge on any atom is -0.345 e. The summed E-state index contributed by atoms with van der Waals surface area (Å²) in [7, 11) is 0. The van der Waals surface area contributed by atoms with Crippen LogP contribution >= 0.6 is 0 Å². The third-order valence-electron chi connectivity index (χ3n) is 4.08. The van der Waals surface area contributed by atoms with Crippen molar-refractivity contribution in [3.05, 3.63) is 77.6 Å². The first-order valence-electron chi connectivity index (χ1n) is 8.00. The molecule has 3 rings (SSSR count). The number of hydrogen-bond acceptors (Lipinski definition) is 2. The van der Waals surface area contributed by atoms with Gasteiger partial charge in [-0.3, -0.25) is 4.79 Å². The van der Waals surface area contributed by atoms with Crippen molar-refractivity contribution in [2.45, 2.75) is 26.9 Å². The van der Waals surface area contributed by atoms with E-state index in [1.165, 1.54) is 0 Å². The summed E-state index contributed by atoms with van der Waals surface area (Å²) in [5.74, 6) is 0.749. The maximum absolute atomic E-state index is 12.5. The fourth-order valence-electron chi connectivity index (χ4n) is 2.92. The van der Waals surface area contributed by atoms with Crippen LogP contribution in [0, 0.1) is 13.8 Å². The molecule has 0 saturated carbocycles. The van der Waals surface area contributed by atoms with Gasteiger partial charge in [-0.2, -0.15) is 0 Å². The van der Waals surface area contributed by atoms with E-state index in [1.807, 2.05) is 62.4 Å². The van der Waals surface area contributed by atoms with Crippen molar-refractivity contribution in [3.8, 4) is 0 Å². The molecule has 4 heteroatoms. The van der Waals surface area contributed by atoms with E-state index < -0.39 is 0 Å². The van der Waals surface area contributed by atoms with Gasteiger partial charge in [0.15, 0.2) is 0 Å². The summed E-state index contributed by atoms with van der Waals surface area (Å²) in [4.78, 5) is 17.1. The van der Waals surface area contributed by atoms with E-state index in [0.29, 0.717) is 18.7 Å². The standard InChI is InChI=1S/C20H21N3O/c1-4-11-23-18-8-6-5-7-17(18)22-19(23)13-21-20(24)16-10-9-14(2)12-15(16)3/h4-10,12H,1,11,13H2,2-3H3,(H,21,24). The highest BCUT2D eigenvalue weighted by atomic mass is 16.1. The minimum atomic E-state index is -0.0790. The van der Waals surface area contributed by atoms with E-state index in [9.17, 15) is 4.79 Å². The van der Waals surface area contributed by atoms with Gasteiger partial charge in [-0.15, -0.1) is 6.58 Å². The van der Waals surface area contributed by atoms with Crippen LogP contribution in [0.3, 0.4) is 0 Å². The van der Waals surface area contributed by atoms with Crippen LogP contribution in [0.2, 0.25) is 0 Å². The second-order valence-electron chi connectivity index (χ2n) is 5.92. The number of allylic oxidation sites excluding steroid dienone is 1. The average Bonchev–Trinajstić information content (AvgIpc) is 2.91. The second kappa shape index (κ2) is 6.71. The summed E-state index contributed by atoms with van der Waals surface area (Å²) in [6, 6.07) is 13.8. The number of hydrogen-bond donors (Lipinski definition) is 1. The number of nitrogens with one attached hydrogen (secondary N) is 1. The molecule has 0 unspecified atom stereocenters. The zero-order valence-electron chi connectivity index (χ0n) is 14.0. The number of imidazole rings is 1. The third kappa shape index (κ3) is 3.08. The first-order chi connectivity index (χ1) is 11.6. The molecule has 1 heterocycles. The SMILES string of the molecule is C=CCn1c(CNC(=O)c2ccc(C)cc2C)nc2ccccc21. The van der Waals surface area contributed by atoms with Crippen molar-refractivity contribution in [1.29, 1.82) is 0 Å². The summed E-state index contributed by atoms with van der Waals surface area (Å²) in [6.07, 6.45) is 1.84. The van der Waals surface area contributed by atoms with Crippen molar-refractivity contribution >= 4 is 16.9 Å². The molecule has 24 heavy (non-hydrogen) atoms. The Hall–Kier alpha value is -2.88. The fourth-order valence-corrected chi connectivity index (χ4v) is 2.92. The summed E-state index contributed by atoms with van der Waals surface area (Å²) < 4.78 is 2.07. The Morgan fingerprint density at radius 3 is 2.79 bits per heavy atom. The van der Waals surface area contributed by atoms with Gasteiger partial charge >= 0.3 is 0 Å². The van der Waals surface area contributed by atoms with Crippen LogP contribution in [0.25, 0.3) is 11.0 Å². The van der Waals surface area contributed by atoms with E-state index in [4.69, 9.17) is 0 Å². The van der Waals surface area contributed by atoms with Gasteiger partial charge in [0.1, 0.15) is 5.82 Å². The van der Waals surface area contributed by atoms with Gasteiger partial charge in [-0.25, -0.2) is 4.98 Å². The molecule has 0 atom stereocenters. The largest absolute Gasteiger partial charge is 0.345 e. The number of aryl methyl sites for hydroxylation is 2. The molecule has 2 aromatic carbocycles. The molecule has 0 aliphatic heterocycles. The Kier molecular flexibility index (Phi) is 4.47. The lowest BCUT2D eigenvalue weighted by molar-refractivity contribution is 0.0949. The summed E-state index contributed by atoms with van der Waals surface area (Å²) >= 11 is 0. The van der Waals surface area contributed by atoms with Crippen molar-refractivity contribution in [2.75, 3.05) is 0 Å². The second-order valence-corrected chi connectivity index (χ2v) is 5.92. The lowest BCUT2D eigenvalue weighted by Gasteiger charge is -2.10. The number of para-hydroxylation sites is 2. The molecule has 1 amide bonds. The molecule has 0 aliphatic carbocycles. The zero-order chi connectivity index (χ0) is 17.1. The minimum absolute atomic E-state index is 0.0790. The first-order valence-corrected chi connectivity index (χ1v) is 8.00. The third-order valence-corrected chi connectivity index (χ3v) is 4.08. The summed E-state index contributed by atoms with van der Waals surface area (Å²) in [6.45, 7) is 8.83. The lowest BCUT2D eigenvalue weighted by Crippen LogP contribution is -2.25. The van der Waals surface area contributed by atoms with Crippen LogP contribution in [0.1, 0.15) is 27.3 Å². The summed E-state index contributed by atoms with van der Waals surface area (Å²) in [5.41, 5.74) is 4.80. The highest BCUT2D eigenvalue weighted by molar-refractivity contribution is 5.95. The molecule has 1 N–H and O–H groups in total. The highest BCUT2D eigenvalue weighted by Crippen LogP contribution is 2.16. The van der Waals surface area contributed by atoms with Crippen molar-refractivity contribution in [1.82, 2.24) is 14.9 Å². The molecule has 0 fully saturated rings. The monoisotopic (exact) mass is 319 g/mol. The van der Waals surface area contributed by atoms with E-state index >= 15 is 0 Å². The van der Waals surface area contributed by atoms with Crippen LogP contribution in [-0.4, -0.2) is 15.5 Å². The molecule has 0 aliphatic rings. The first kappa shape index (κ1) is 16.0. The Balaban J connectivity index is 1.83. The van der Waals surface area contributed by atoms with Gasteiger partial charge in [0.25, 0.3) is 5.91 Å². The van der Waals surface area contributed by atoms with Crippen molar-refractivity contribution < 1.29 is 4.79 Å². The van der Waals surface area contributed by atoms with Crippen LogP contribution < -0.4 is 5.32 Å². The highest BCUT2D eigenvalue weighted by Gasteiger charge is 2.13. The van der Waals surface area contributed by atoms with E-state index in [-0.39, 0.29) is 5.91 Å². The number of amides is 1. The summed E-state index contributed by atoms with van der Waals surface area (Å²) in [5, 5.41) is 2.98. The Bertz CT molecular complexity index is 908. The molecule has 4 nitrogen and oxygen atoms in total. The quantitative estimate of drug-likeness (QED) is 0.728. The van der Waals surface area contributed by atoms with E-state index in [2.05, 4.69) is 21.4 Å². The molecule has 1 aromatic heterocycles. The van der Waals surface area contributed by atoms with Crippen LogP contribution in [0.15, 0.2) is 55.1 Å². The van der Waals surface area contributed by atoms with E-state index in [1.54, 1.807) is 0 Å². The van der Waals surface area contributed by atoms with E-state index in [0.717, 1.165) is 28.0 Å². The molecule has 0 saturated heterocycles. The van der Waals surface area contributed by atoms with Crippen LogP contribution in [0.4, 0.5) is 0 Å². The number of aromatic nitrogens is 2. The van der Waals surface area contributed by atoms with Gasteiger partial charge in [0.05, 0.1) is 17.6 Å². The molecule has 0 spiro atoms. The van der Waals surface area contributed by atoms with Crippen molar-refractivity contribution in [2.24, 2.45) is 0 Å². The number of carbonyl (C=O) groups excluding carboxylic acids is 1. The number of nitrogens with zero attached hydrogens (tertiary/aromatic N) is 2. The molecular formula is C20H21N3O. The molecule has 0 radical (unpaired) electrons. The molecule has 0 bridgehead atoms. The Morgan fingerprint density at radius 1 is 1.25 bits per heavy atom. The molecule has 122 valence electrons. The van der Waals surface area contributed by atoms with Gasteiger partial charge in [0, 0.05) is 12.1 Å². The molecule has 3 aromatic rings. The van der Waals surface area contributed by atoms with Crippen molar-refractivity contribution in [3.63, 3.8) is 0 Å². The van der Waals surface area contributed by atoms with Gasteiger partial charge < -0.3 is 9.88 Å². The zero-order valence-corrected chi connectivity index (χ0v) is 14.0. The number of rotatable bonds is 5. The average molecular weight is 319 g/mol. The van der Waals surface area contributed by atoms with Gasteiger partial charge in [0.2, 0.25) is 0 Å². The lowest BCUT2D eigenvalue weighted by atomic mass is 10.1. The number of carbonyl (C=O) groups is 1. The predicted molar refractivity (Wildman–Crippen MR) is 97.0 cm³/mol. The predicted octanol–water partition coefficient (Wildman–Crippen LogP) is 3.77. The molecular weight excluding hydrogens is 298 g/mol. The number of fused-ring (bicyclic) bond motifs is 1. The smallest absolute Gasteiger partial charge is 0.251 e. The fraction of sp³-hybridized carbons (Fsp3) is 0.200. The Morgan fingerprint density at radius 2 is 2.04 bits per heavy atom.